The summed E-state index contributed by atoms with van der Waals surface area (Å²) in [6.45, 7) is 7.69. The molecule has 1 unspecified atom stereocenters. The molecule has 2 saturated heterocycles. The van der Waals surface area contributed by atoms with Crippen LogP contribution >= 0.6 is 0 Å². The van der Waals surface area contributed by atoms with Gasteiger partial charge < -0.3 is 15.5 Å². The first-order valence-corrected chi connectivity index (χ1v) is 7.12. The fourth-order valence-corrected chi connectivity index (χ4v) is 2.83. The lowest BCUT2D eigenvalue weighted by atomic mass is 9.98. The van der Waals surface area contributed by atoms with Crippen LogP contribution in [0.3, 0.4) is 0 Å². The Balaban J connectivity index is 1.61. The molecule has 18 heavy (non-hydrogen) atoms. The van der Waals surface area contributed by atoms with Gasteiger partial charge in [0.15, 0.2) is 0 Å². The molecule has 1 atom stereocenters. The van der Waals surface area contributed by atoms with Crippen molar-refractivity contribution < 1.29 is 4.79 Å². The van der Waals surface area contributed by atoms with Gasteiger partial charge in [0.2, 0.25) is 5.91 Å². The van der Waals surface area contributed by atoms with Gasteiger partial charge in [-0.15, -0.1) is 0 Å². The fraction of sp³-hybridized carbons (Fsp3) is 0.923. The summed E-state index contributed by atoms with van der Waals surface area (Å²) in [5, 5.41) is 6.39. The van der Waals surface area contributed by atoms with E-state index in [0.717, 1.165) is 39.3 Å². The fourth-order valence-electron chi connectivity index (χ4n) is 2.83. The predicted octanol–water partition coefficient (Wildman–Crippen LogP) is -0.650. The van der Waals surface area contributed by atoms with Crippen LogP contribution in [0.5, 0.6) is 0 Å². The summed E-state index contributed by atoms with van der Waals surface area (Å²) in [7, 11) is 2.16. The largest absolute Gasteiger partial charge is 0.355 e. The molecule has 5 nitrogen and oxygen atoms in total. The lowest BCUT2D eigenvalue weighted by Crippen LogP contribution is -2.48. The summed E-state index contributed by atoms with van der Waals surface area (Å²) in [5.41, 5.74) is 0. The molecule has 0 bridgehead atoms. The predicted molar refractivity (Wildman–Crippen MR) is 72.5 cm³/mol. The SMILES string of the molecule is CN1CCCC(CNC(=O)CN2CCNCC2)C1. The number of nitrogens with zero attached hydrogens (tertiary/aromatic N) is 2. The van der Waals surface area contributed by atoms with E-state index in [4.69, 9.17) is 0 Å². The normalized spacial score (nSPS) is 27.1. The second-order valence-electron chi connectivity index (χ2n) is 5.60. The monoisotopic (exact) mass is 254 g/mol. The van der Waals surface area contributed by atoms with E-state index in [1.165, 1.54) is 19.4 Å². The van der Waals surface area contributed by atoms with Gasteiger partial charge in [-0.2, -0.15) is 0 Å². The summed E-state index contributed by atoms with van der Waals surface area (Å²) >= 11 is 0. The maximum Gasteiger partial charge on any atom is 0.234 e. The van der Waals surface area contributed by atoms with E-state index in [9.17, 15) is 4.79 Å². The first kappa shape index (κ1) is 13.8. The van der Waals surface area contributed by atoms with Crippen molar-refractivity contribution in [2.75, 3.05) is 59.4 Å². The summed E-state index contributed by atoms with van der Waals surface area (Å²) in [6.07, 6.45) is 2.51. The lowest BCUT2D eigenvalue weighted by molar-refractivity contribution is -0.122. The molecule has 2 fully saturated rings. The Hall–Kier alpha value is -0.650. The molecule has 104 valence electrons. The summed E-state index contributed by atoms with van der Waals surface area (Å²) < 4.78 is 0. The first-order chi connectivity index (χ1) is 8.74. The van der Waals surface area contributed by atoms with Crippen molar-refractivity contribution in [3.05, 3.63) is 0 Å². The average molecular weight is 254 g/mol. The van der Waals surface area contributed by atoms with Gasteiger partial charge in [-0.3, -0.25) is 9.69 Å². The highest BCUT2D eigenvalue weighted by Crippen LogP contribution is 2.13. The standard InChI is InChI=1S/C13H26N4O/c1-16-6-2-3-12(10-16)9-15-13(18)11-17-7-4-14-5-8-17/h12,14H,2-11H2,1H3,(H,15,18). The van der Waals surface area contributed by atoms with Crippen LogP contribution in [-0.2, 0) is 4.79 Å². The zero-order valence-corrected chi connectivity index (χ0v) is 11.5. The van der Waals surface area contributed by atoms with Crippen molar-refractivity contribution in [2.45, 2.75) is 12.8 Å². The number of nitrogens with one attached hydrogen (secondary N) is 2. The van der Waals surface area contributed by atoms with Crippen molar-refractivity contribution in [3.63, 3.8) is 0 Å². The lowest BCUT2D eigenvalue weighted by Gasteiger charge is -2.30. The topological polar surface area (TPSA) is 47.6 Å². The number of carbonyl (C=O) groups excluding carboxylic acids is 1. The number of piperidine rings is 1. The molecule has 0 aliphatic carbocycles. The van der Waals surface area contributed by atoms with E-state index in [1.54, 1.807) is 0 Å². The zero-order chi connectivity index (χ0) is 12.8. The van der Waals surface area contributed by atoms with E-state index in [1.807, 2.05) is 0 Å². The van der Waals surface area contributed by atoms with Crippen LogP contribution in [0.25, 0.3) is 0 Å². The van der Waals surface area contributed by atoms with E-state index in [-0.39, 0.29) is 5.91 Å². The molecule has 1 amide bonds. The minimum absolute atomic E-state index is 0.185. The molecule has 0 saturated carbocycles. The van der Waals surface area contributed by atoms with Crippen molar-refractivity contribution in [1.29, 1.82) is 0 Å². The Morgan fingerprint density at radius 2 is 2.11 bits per heavy atom. The number of hydrogen-bond donors (Lipinski definition) is 2. The Kier molecular flexibility index (Phi) is 5.41. The summed E-state index contributed by atoms with van der Waals surface area (Å²) in [6, 6.07) is 0. The molecule has 0 spiro atoms. The number of rotatable bonds is 4. The highest BCUT2D eigenvalue weighted by Gasteiger charge is 2.18. The van der Waals surface area contributed by atoms with E-state index in [2.05, 4.69) is 27.5 Å². The number of hydrogen-bond acceptors (Lipinski definition) is 4. The smallest absolute Gasteiger partial charge is 0.234 e. The van der Waals surface area contributed by atoms with Crippen LogP contribution in [0.2, 0.25) is 0 Å². The molecule has 2 aliphatic heterocycles. The number of piperazine rings is 1. The molecule has 2 rings (SSSR count). The Morgan fingerprint density at radius 3 is 2.83 bits per heavy atom. The quantitative estimate of drug-likeness (QED) is 0.700. The van der Waals surface area contributed by atoms with Crippen LogP contribution in [0, 0.1) is 5.92 Å². The minimum atomic E-state index is 0.185. The van der Waals surface area contributed by atoms with Crippen molar-refractivity contribution >= 4 is 5.91 Å². The third kappa shape index (κ3) is 4.55. The molecular weight excluding hydrogens is 228 g/mol. The molecular formula is C13H26N4O. The molecule has 0 radical (unpaired) electrons. The van der Waals surface area contributed by atoms with Crippen LogP contribution in [0.4, 0.5) is 0 Å². The zero-order valence-electron chi connectivity index (χ0n) is 11.5. The maximum atomic E-state index is 11.8. The molecule has 2 heterocycles. The van der Waals surface area contributed by atoms with Gasteiger partial charge in [0.05, 0.1) is 6.54 Å². The van der Waals surface area contributed by atoms with Gasteiger partial charge in [0, 0.05) is 39.3 Å². The Labute approximate surface area is 110 Å². The highest BCUT2D eigenvalue weighted by atomic mass is 16.2. The van der Waals surface area contributed by atoms with Crippen LogP contribution in [0.1, 0.15) is 12.8 Å². The van der Waals surface area contributed by atoms with Gasteiger partial charge in [0.25, 0.3) is 0 Å². The number of amides is 1. The third-order valence-corrected chi connectivity index (χ3v) is 3.89. The molecule has 0 aromatic carbocycles. The van der Waals surface area contributed by atoms with Crippen molar-refractivity contribution in [1.82, 2.24) is 20.4 Å². The van der Waals surface area contributed by atoms with Crippen LogP contribution in [0.15, 0.2) is 0 Å². The van der Waals surface area contributed by atoms with E-state index < -0.39 is 0 Å². The van der Waals surface area contributed by atoms with E-state index >= 15 is 0 Å². The molecule has 0 aromatic rings. The number of carbonyl (C=O) groups is 1. The van der Waals surface area contributed by atoms with Crippen molar-refractivity contribution in [2.24, 2.45) is 5.92 Å². The average Bonchev–Trinajstić information content (AvgIpc) is 2.38. The Bertz CT molecular complexity index is 266. The third-order valence-electron chi connectivity index (χ3n) is 3.89. The van der Waals surface area contributed by atoms with E-state index in [0.29, 0.717) is 12.5 Å². The maximum absolute atomic E-state index is 11.8. The molecule has 5 heteroatoms. The Morgan fingerprint density at radius 1 is 1.33 bits per heavy atom. The second kappa shape index (κ2) is 7.07. The first-order valence-electron chi connectivity index (χ1n) is 7.12. The van der Waals surface area contributed by atoms with Gasteiger partial charge in [-0.05, 0) is 32.4 Å². The highest BCUT2D eigenvalue weighted by molar-refractivity contribution is 5.78. The molecule has 0 aromatic heterocycles. The molecule has 2 aliphatic rings. The van der Waals surface area contributed by atoms with Crippen LogP contribution in [-0.4, -0.2) is 75.1 Å². The van der Waals surface area contributed by atoms with Gasteiger partial charge >= 0.3 is 0 Å². The summed E-state index contributed by atoms with van der Waals surface area (Å²) in [4.78, 5) is 16.4. The molecule has 2 N–H and O–H groups in total. The van der Waals surface area contributed by atoms with Gasteiger partial charge in [-0.1, -0.05) is 0 Å². The summed E-state index contributed by atoms with van der Waals surface area (Å²) in [5.74, 6) is 0.820. The van der Waals surface area contributed by atoms with Gasteiger partial charge in [0.1, 0.15) is 0 Å². The second-order valence-corrected chi connectivity index (χ2v) is 5.60. The minimum Gasteiger partial charge on any atom is -0.355 e. The van der Waals surface area contributed by atoms with Gasteiger partial charge in [-0.25, -0.2) is 0 Å². The van der Waals surface area contributed by atoms with Crippen molar-refractivity contribution in [3.8, 4) is 0 Å². The van der Waals surface area contributed by atoms with Crippen LogP contribution < -0.4 is 10.6 Å². The number of likely N-dealkylation sites (tertiary alicyclic amines) is 1.